The Kier molecular flexibility index (Phi) is 9.04. The number of rotatable bonds is 12. The first kappa shape index (κ1) is 26.0. The molecular weight excluding hydrogens is 470 g/mol. The van der Waals surface area contributed by atoms with Crippen LogP contribution in [-0.4, -0.2) is 58.0 Å². The summed E-state index contributed by atoms with van der Waals surface area (Å²) >= 11 is 0. The van der Waals surface area contributed by atoms with Crippen LogP contribution in [0.25, 0.3) is 0 Å². The molecule has 3 rings (SSSR count). The normalized spacial score (nSPS) is 11.2. The number of nitrogens with one attached hydrogen (secondary N) is 1. The van der Waals surface area contributed by atoms with Gasteiger partial charge in [0.15, 0.2) is 11.5 Å². The lowest BCUT2D eigenvalue weighted by atomic mass is 10.1. The van der Waals surface area contributed by atoms with Crippen molar-refractivity contribution in [2.24, 2.45) is 0 Å². The second-order valence-corrected chi connectivity index (χ2v) is 9.54. The summed E-state index contributed by atoms with van der Waals surface area (Å²) in [5, 5.41) is 2.80. The van der Waals surface area contributed by atoms with Crippen LogP contribution < -0.4 is 19.5 Å². The molecule has 1 heterocycles. The molecule has 0 fully saturated rings. The monoisotopic (exact) mass is 499 g/mol. The second-order valence-electron chi connectivity index (χ2n) is 7.60. The van der Waals surface area contributed by atoms with Crippen LogP contribution in [0.5, 0.6) is 17.2 Å². The Morgan fingerprint density at radius 1 is 0.943 bits per heavy atom. The van der Waals surface area contributed by atoms with Crippen LogP contribution in [0.2, 0.25) is 0 Å². The molecule has 3 aromatic rings. The van der Waals surface area contributed by atoms with Crippen molar-refractivity contribution in [2.75, 3.05) is 34.4 Å². The molecule has 0 aliphatic carbocycles. The van der Waals surface area contributed by atoms with E-state index in [1.807, 2.05) is 12.1 Å². The largest absolute Gasteiger partial charge is 0.497 e. The number of benzene rings is 2. The van der Waals surface area contributed by atoms with Crippen molar-refractivity contribution in [3.8, 4) is 17.2 Å². The number of aromatic nitrogens is 1. The van der Waals surface area contributed by atoms with Crippen LogP contribution >= 0.6 is 0 Å². The van der Waals surface area contributed by atoms with Gasteiger partial charge in [-0.25, -0.2) is 8.42 Å². The molecule has 0 saturated carbocycles. The molecule has 0 bridgehead atoms. The van der Waals surface area contributed by atoms with E-state index in [0.717, 1.165) is 15.4 Å². The molecule has 0 aliphatic heterocycles. The Labute approximate surface area is 205 Å². The summed E-state index contributed by atoms with van der Waals surface area (Å²) in [5.41, 5.74) is 1.66. The quantitative estimate of drug-likeness (QED) is 0.408. The summed E-state index contributed by atoms with van der Waals surface area (Å²) in [5.74, 6) is 1.47. The van der Waals surface area contributed by atoms with Crippen LogP contribution in [0.4, 0.5) is 0 Å². The second kappa shape index (κ2) is 12.2. The Bertz CT molecular complexity index is 1220. The van der Waals surface area contributed by atoms with Gasteiger partial charge in [-0.05, 0) is 53.9 Å². The van der Waals surface area contributed by atoms with E-state index < -0.39 is 15.9 Å². The van der Waals surface area contributed by atoms with Crippen molar-refractivity contribution >= 4 is 15.9 Å². The third kappa shape index (κ3) is 6.93. The van der Waals surface area contributed by atoms with Gasteiger partial charge < -0.3 is 19.5 Å². The minimum absolute atomic E-state index is 0.0182. The third-order valence-corrected chi connectivity index (χ3v) is 7.07. The molecule has 2 aromatic carbocycles. The number of carbonyl (C=O) groups excluding carboxylic acids is 1. The number of amides is 1. The van der Waals surface area contributed by atoms with E-state index in [9.17, 15) is 13.2 Å². The number of carbonyl (C=O) groups is 1. The molecule has 0 radical (unpaired) electrons. The maximum Gasteiger partial charge on any atom is 0.245 e. The first-order chi connectivity index (χ1) is 16.9. The Morgan fingerprint density at radius 2 is 1.66 bits per heavy atom. The van der Waals surface area contributed by atoms with Gasteiger partial charge >= 0.3 is 0 Å². The molecule has 0 unspecified atom stereocenters. The van der Waals surface area contributed by atoms with E-state index in [-0.39, 0.29) is 18.0 Å². The van der Waals surface area contributed by atoms with Gasteiger partial charge in [0.2, 0.25) is 15.9 Å². The standard InChI is InChI=1S/C25H29N3O6S/c1-32-21-9-6-20(7-10-21)17-28(35(30,31)22-5-4-13-26-16-22)18-25(29)27-14-12-19-8-11-23(33-2)24(15-19)34-3/h4-11,13,15-16H,12,14,17-18H2,1-3H3,(H,27,29). The van der Waals surface area contributed by atoms with Gasteiger partial charge in [-0.2, -0.15) is 4.31 Å². The summed E-state index contributed by atoms with van der Waals surface area (Å²) in [7, 11) is 0.724. The number of sulfonamides is 1. The first-order valence-electron chi connectivity index (χ1n) is 10.9. The fraction of sp³-hybridized carbons (Fsp3) is 0.280. The molecule has 0 aliphatic rings. The van der Waals surface area contributed by atoms with E-state index >= 15 is 0 Å². The minimum atomic E-state index is -3.96. The molecule has 35 heavy (non-hydrogen) atoms. The average Bonchev–Trinajstić information content (AvgIpc) is 2.89. The summed E-state index contributed by atoms with van der Waals surface area (Å²) in [6.07, 6.45) is 3.30. The molecule has 10 heteroatoms. The van der Waals surface area contributed by atoms with Crippen molar-refractivity contribution in [3.63, 3.8) is 0 Å². The van der Waals surface area contributed by atoms with Crippen molar-refractivity contribution < 1.29 is 27.4 Å². The van der Waals surface area contributed by atoms with E-state index in [1.54, 1.807) is 57.7 Å². The maximum absolute atomic E-state index is 13.3. The highest BCUT2D eigenvalue weighted by molar-refractivity contribution is 7.89. The molecule has 1 N–H and O–H groups in total. The van der Waals surface area contributed by atoms with E-state index in [0.29, 0.717) is 30.2 Å². The van der Waals surface area contributed by atoms with Crippen LogP contribution in [0.3, 0.4) is 0 Å². The smallest absolute Gasteiger partial charge is 0.245 e. The van der Waals surface area contributed by atoms with Crippen LogP contribution in [-0.2, 0) is 27.8 Å². The third-order valence-electron chi connectivity index (χ3n) is 5.29. The zero-order valence-electron chi connectivity index (χ0n) is 19.9. The van der Waals surface area contributed by atoms with Gasteiger partial charge in [-0.1, -0.05) is 18.2 Å². The van der Waals surface area contributed by atoms with Gasteiger partial charge in [0.05, 0.1) is 27.9 Å². The fourth-order valence-corrected chi connectivity index (χ4v) is 4.76. The Hall–Kier alpha value is -3.63. The lowest BCUT2D eigenvalue weighted by Gasteiger charge is -2.22. The number of hydrogen-bond donors (Lipinski definition) is 1. The highest BCUT2D eigenvalue weighted by Gasteiger charge is 2.27. The number of pyridine rings is 1. The van der Waals surface area contributed by atoms with E-state index in [1.165, 1.54) is 18.5 Å². The first-order valence-corrected chi connectivity index (χ1v) is 12.3. The lowest BCUT2D eigenvalue weighted by molar-refractivity contribution is -0.121. The van der Waals surface area contributed by atoms with Gasteiger partial charge in [0, 0.05) is 25.5 Å². The van der Waals surface area contributed by atoms with Gasteiger partial charge in [-0.15, -0.1) is 0 Å². The minimum Gasteiger partial charge on any atom is -0.497 e. The number of hydrogen-bond acceptors (Lipinski definition) is 7. The highest BCUT2D eigenvalue weighted by atomic mass is 32.2. The summed E-state index contributed by atoms with van der Waals surface area (Å²) < 4.78 is 43.4. The van der Waals surface area contributed by atoms with E-state index in [4.69, 9.17) is 14.2 Å². The Morgan fingerprint density at radius 3 is 2.29 bits per heavy atom. The molecule has 9 nitrogen and oxygen atoms in total. The molecule has 0 spiro atoms. The van der Waals surface area contributed by atoms with Gasteiger partial charge in [0.25, 0.3) is 0 Å². The zero-order chi connectivity index (χ0) is 25.3. The topological polar surface area (TPSA) is 107 Å². The van der Waals surface area contributed by atoms with Crippen LogP contribution in [0, 0.1) is 0 Å². The van der Waals surface area contributed by atoms with E-state index in [2.05, 4.69) is 10.3 Å². The van der Waals surface area contributed by atoms with Gasteiger partial charge in [0.1, 0.15) is 10.6 Å². The van der Waals surface area contributed by atoms with Crippen molar-refractivity contribution in [2.45, 2.75) is 17.9 Å². The fourth-order valence-electron chi connectivity index (χ4n) is 3.41. The molecule has 0 atom stereocenters. The SMILES string of the molecule is COc1ccc(CN(CC(=O)NCCc2ccc(OC)c(OC)c2)S(=O)(=O)c2cccnc2)cc1. The molecule has 1 amide bonds. The molecular formula is C25H29N3O6S. The highest BCUT2D eigenvalue weighted by Crippen LogP contribution is 2.27. The molecule has 0 saturated heterocycles. The summed E-state index contributed by atoms with van der Waals surface area (Å²) in [4.78, 5) is 16.7. The number of ether oxygens (including phenoxy) is 3. The Balaban J connectivity index is 1.70. The lowest BCUT2D eigenvalue weighted by Crippen LogP contribution is -2.40. The predicted octanol–water partition coefficient (Wildman–Crippen LogP) is 2.66. The van der Waals surface area contributed by atoms with Crippen molar-refractivity contribution in [1.29, 1.82) is 0 Å². The van der Waals surface area contributed by atoms with Crippen LogP contribution in [0.15, 0.2) is 71.9 Å². The predicted molar refractivity (Wildman–Crippen MR) is 131 cm³/mol. The summed E-state index contributed by atoms with van der Waals surface area (Å²) in [6.45, 7) is 0.0111. The van der Waals surface area contributed by atoms with Crippen LogP contribution in [0.1, 0.15) is 11.1 Å². The average molecular weight is 500 g/mol. The molecule has 1 aromatic heterocycles. The molecule has 186 valence electrons. The number of nitrogens with zero attached hydrogens (tertiary/aromatic N) is 2. The number of methoxy groups -OCH3 is 3. The maximum atomic E-state index is 13.3. The van der Waals surface area contributed by atoms with Crippen molar-refractivity contribution in [1.82, 2.24) is 14.6 Å². The van der Waals surface area contributed by atoms with Gasteiger partial charge in [-0.3, -0.25) is 9.78 Å². The summed E-state index contributed by atoms with van der Waals surface area (Å²) in [6, 6.07) is 15.5. The van der Waals surface area contributed by atoms with Crippen molar-refractivity contribution in [3.05, 3.63) is 78.1 Å². The zero-order valence-corrected chi connectivity index (χ0v) is 20.7.